The number of rotatable bonds is 5. The van der Waals surface area contributed by atoms with Crippen LogP contribution >= 0.6 is 0 Å². The third-order valence-electron chi connectivity index (χ3n) is 5.93. The molecule has 3 aromatic rings. The van der Waals surface area contributed by atoms with E-state index in [1.807, 2.05) is 10.8 Å². The van der Waals surface area contributed by atoms with E-state index >= 15 is 0 Å². The summed E-state index contributed by atoms with van der Waals surface area (Å²) in [7, 11) is 0. The van der Waals surface area contributed by atoms with Crippen molar-refractivity contribution in [1.29, 1.82) is 0 Å². The molecule has 0 amide bonds. The summed E-state index contributed by atoms with van der Waals surface area (Å²) in [6.07, 6.45) is 7.65. The molecule has 1 saturated heterocycles. The van der Waals surface area contributed by atoms with Crippen LogP contribution in [0.15, 0.2) is 73.1 Å². The summed E-state index contributed by atoms with van der Waals surface area (Å²) in [4.78, 5) is 20.7. The van der Waals surface area contributed by atoms with Crippen molar-refractivity contribution in [3.63, 3.8) is 0 Å². The highest BCUT2D eigenvalue weighted by Gasteiger charge is 2.37. The average molecular weight is 400 g/mol. The number of carbonyl (C=O) groups excluding carboxylic acids is 1. The number of benzene rings is 2. The summed E-state index contributed by atoms with van der Waals surface area (Å²) >= 11 is 0. The minimum absolute atomic E-state index is 0.111. The Balaban J connectivity index is 1.56. The molecule has 1 aromatic heterocycles. The molecular weight excluding hydrogens is 376 g/mol. The van der Waals surface area contributed by atoms with Crippen LogP contribution in [0.3, 0.4) is 0 Å². The quantitative estimate of drug-likeness (QED) is 0.617. The van der Waals surface area contributed by atoms with Gasteiger partial charge >= 0.3 is 0 Å². The van der Waals surface area contributed by atoms with Crippen LogP contribution in [0.1, 0.15) is 5.56 Å². The molecule has 1 atom stereocenters. The van der Waals surface area contributed by atoms with Gasteiger partial charge in [-0.15, -0.1) is 0 Å². The molecule has 1 fully saturated rings. The lowest BCUT2D eigenvalue weighted by Gasteiger charge is -2.34. The first-order chi connectivity index (χ1) is 14.8. The molecule has 6 heteroatoms. The molecule has 0 N–H and O–H groups in total. The van der Waals surface area contributed by atoms with Crippen LogP contribution in [-0.2, 0) is 16.1 Å². The third kappa shape index (κ3) is 3.46. The Morgan fingerprint density at radius 2 is 1.90 bits per heavy atom. The summed E-state index contributed by atoms with van der Waals surface area (Å²) in [5.41, 5.74) is 3.00. The molecule has 6 nitrogen and oxygen atoms in total. The summed E-state index contributed by atoms with van der Waals surface area (Å²) in [6.45, 7) is 4.40. The van der Waals surface area contributed by atoms with Gasteiger partial charge in [0.15, 0.2) is 0 Å². The van der Waals surface area contributed by atoms with Crippen LogP contribution in [0.5, 0.6) is 0 Å². The van der Waals surface area contributed by atoms with Gasteiger partial charge in [-0.2, -0.15) is 0 Å². The highest BCUT2D eigenvalue weighted by Crippen LogP contribution is 2.38. The van der Waals surface area contributed by atoms with E-state index < -0.39 is 0 Å². The molecule has 0 radical (unpaired) electrons. The summed E-state index contributed by atoms with van der Waals surface area (Å²) in [5, 5.41) is 2.40. The summed E-state index contributed by atoms with van der Waals surface area (Å²) < 4.78 is 7.59. The van der Waals surface area contributed by atoms with Crippen molar-refractivity contribution >= 4 is 22.3 Å². The second kappa shape index (κ2) is 8.28. The topological polar surface area (TPSA) is 50.6 Å². The smallest absolute Gasteiger partial charge is 0.148 e. The van der Waals surface area contributed by atoms with E-state index in [1.165, 1.54) is 16.3 Å². The molecule has 2 aliphatic heterocycles. The Morgan fingerprint density at radius 3 is 2.70 bits per heavy atom. The van der Waals surface area contributed by atoms with Crippen LogP contribution in [0, 0.1) is 0 Å². The van der Waals surface area contributed by atoms with E-state index in [0.717, 1.165) is 25.2 Å². The number of fused-ring (bicyclic) bond motifs is 1. The zero-order valence-corrected chi connectivity index (χ0v) is 16.8. The van der Waals surface area contributed by atoms with Gasteiger partial charge in [-0.05, 0) is 16.3 Å². The van der Waals surface area contributed by atoms with Crippen molar-refractivity contribution in [3.05, 3.63) is 78.6 Å². The molecule has 2 aromatic carbocycles. The molecule has 3 heterocycles. The predicted molar refractivity (Wildman–Crippen MR) is 116 cm³/mol. The largest absolute Gasteiger partial charge is 0.379 e. The molecule has 0 saturated carbocycles. The molecule has 1 unspecified atom stereocenters. The van der Waals surface area contributed by atoms with Gasteiger partial charge in [0.25, 0.3) is 0 Å². The molecule has 0 bridgehead atoms. The second-order valence-electron chi connectivity index (χ2n) is 7.64. The SMILES string of the molecule is O=C=C1C(N2CCOCC2)C(c2cccc3ccccc23)=CN1CCn1ccnc1. The lowest BCUT2D eigenvalue weighted by molar-refractivity contribution is 0.0315. The first-order valence-corrected chi connectivity index (χ1v) is 10.3. The van der Waals surface area contributed by atoms with Gasteiger partial charge in [-0.3, -0.25) is 4.90 Å². The maximum absolute atomic E-state index is 12.2. The second-order valence-corrected chi connectivity index (χ2v) is 7.64. The Kier molecular flexibility index (Phi) is 5.20. The number of morpholine rings is 1. The number of aromatic nitrogens is 2. The number of hydrogen-bond donors (Lipinski definition) is 0. The zero-order chi connectivity index (χ0) is 20.3. The fourth-order valence-corrected chi connectivity index (χ4v) is 4.45. The minimum Gasteiger partial charge on any atom is -0.379 e. The normalized spacial score (nSPS) is 19.9. The van der Waals surface area contributed by atoms with Crippen molar-refractivity contribution < 1.29 is 9.53 Å². The Hall–Kier alpha value is -3.18. The monoisotopic (exact) mass is 400 g/mol. The van der Waals surface area contributed by atoms with Gasteiger partial charge in [0.1, 0.15) is 11.6 Å². The molecule has 5 rings (SSSR count). The standard InChI is InChI=1S/C24H24N4O2/c29-17-23-24(27-12-14-30-15-13-27)22(16-28(23)11-10-26-9-8-25-18-26)21-7-3-5-19-4-1-2-6-20(19)21/h1-9,16,18,24H,10-15H2. The van der Waals surface area contributed by atoms with Crippen molar-refractivity contribution in [2.24, 2.45) is 0 Å². The summed E-state index contributed by atoms with van der Waals surface area (Å²) in [6, 6.07) is 14.7. The van der Waals surface area contributed by atoms with Crippen molar-refractivity contribution in [2.75, 3.05) is 32.8 Å². The lowest BCUT2D eigenvalue weighted by atomic mass is 9.93. The van der Waals surface area contributed by atoms with Crippen LogP contribution < -0.4 is 0 Å². The Bertz CT molecular complexity index is 1100. The molecule has 0 spiro atoms. The van der Waals surface area contributed by atoms with E-state index in [-0.39, 0.29) is 6.04 Å². The Morgan fingerprint density at radius 1 is 1.07 bits per heavy atom. The molecule has 30 heavy (non-hydrogen) atoms. The molecule has 152 valence electrons. The van der Waals surface area contributed by atoms with Gasteiger partial charge in [-0.25, -0.2) is 9.78 Å². The summed E-state index contributed by atoms with van der Waals surface area (Å²) in [5.74, 6) is 2.27. The van der Waals surface area contributed by atoms with Gasteiger partial charge in [0, 0.05) is 50.3 Å². The van der Waals surface area contributed by atoms with E-state index in [2.05, 4.69) is 69.4 Å². The Labute approximate surface area is 175 Å². The average Bonchev–Trinajstić information content (AvgIpc) is 3.45. The van der Waals surface area contributed by atoms with E-state index in [4.69, 9.17) is 4.74 Å². The fraction of sp³-hybridized carbons (Fsp3) is 0.292. The highest BCUT2D eigenvalue weighted by molar-refractivity contribution is 5.96. The van der Waals surface area contributed by atoms with Gasteiger partial charge < -0.3 is 14.2 Å². The highest BCUT2D eigenvalue weighted by atomic mass is 16.5. The van der Waals surface area contributed by atoms with Crippen LogP contribution in [0.4, 0.5) is 0 Å². The zero-order valence-electron chi connectivity index (χ0n) is 16.8. The minimum atomic E-state index is -0.111. The van der Waals surface area contributed by atoms with Crippen molar-refractivity contribution in [2.45, 2.75) is 12.6 Å². The van der Waals surface area contributed by atoms with E-state index in [1.54, 1.807) is 12.5 Å². The number of hydrogen-bond acceptors (Lipinski definition) is 5. The first kappa shape index (κ1) is 18.8. The number of ether oxygens (including phenoxy) is 1. The lowest BCUT2D eigenvalue weighted by Crippen LogP contribution is -2.45. The van der Waals surface area contributed by atoms with E-state index in [9.17, 15) is 4.79 Å². The molecule has 0 aliphatic carbocycles. The van der Waals surface area contributed by atoms with Gasteiger partial charge in [0.2, 0.25) is 0 Å². The fourth-order valence-electron chi connectivity index (χ4n) is 4.45. The first-order valence-electron chi connectivity index (χ1n) is 10.3. The van der Waals surface area contributed by atoms with Crippen LogP contribution in [-0.4, -0.2) is 64.2 Å². The van der Waals surface area contributed by atoms with Gasteiger partial charge in [0.05, 0.1) is 25.6 Å². The van der Waals surface area contributed by atoms with E-state index in [0.29, 0.717) is 25.5 Å². The maximum Gasteiger partial charge on any atom is 0.148 e. The molecule has 2 aliphatic rings. The van der Waals surface area contributed by atoms with Crippen molar-refractivity contribution in [1.82, 2.24) is 19.4 Å². The molecular formula is C24H24N4O2. The number of imidazole rings is 1. The predicted octanol–water partition coefficient (Wildman–Crippen LogP) is 2.81. The number of nitrogens with zero attached hydrogens (tertiary/aromatic N) is 4. The van der Waals surface area contributed by atoms with Crippen LogP contribution in [0.2, 0.25) is 0 Å². The van der Waals surface area contributed by atoms with Gasteiger partial charge in [-0.1, -0.05) is 42.5 Å². The maximum atomic E-state index is 12.2. The van der Waals surface area contributed by atoms with Crippen LogP contribution in [0.25, 0.3) is 16.3 Å². The third-order valence-corrected chi connectivity index (χ3v) is 5.93. The van der Waals surface area contributed by atoms with Crippen molar-refractivity contribution in [3.8, 4) is 0 Å².